The Labute approximate surface area is 126 Å². The predicted molar refractivity (Wildman–Crippen MR) is 81.2 cm³/mol. The van der Waals surface area contributed by atoms with Crippen LogP contribution in [0.15, 0.2) is 6.20 Å². The molecule has 0 radical (unpaired) electrons. The molecule has 4 nitrogen and oxygen atoms in total. The normalized spacial score (nSPS) is 30.9. The number of nitrogens with zero attached hydrogens (tertiary/aromatic N) is 2. The molecule has 0 bridgehead atoms. The number of piperidine rings is 1. The summed E-state index contributed by atoms with van der Waals surface area (Å²) in [5.41, 5.74) is 1.21. The highest BCUT2D eigenvalue weighted by molar-refractivity contribution is 5.85. The third-order valence-corrected chi connectivity index (χ3v) is 5.69. The number of carbonyl (C=O) groups is 1. The van der Waals surface area contributed by atoms with Gasteiger partial charge in [-0.3, -0.25) is 4.79 Å². The average molecular weight is 287 g/mol. The molecule has 1 saturated carbocycles. The van der Waals surface area contributed by atoms with Gasteiger partial charge in [0.05, 0.1) is 0 Å². The first-order chi connectivity index (χ1) is 10.1. The highest BCUT2D eigenvalue weighted by Gasteiger charge is 2.56. The van der Waals surface area contributed by atoms with E-state index < -0.39 is 0 Å². The van der Waals surface area contributed by atoms with Crippen molar-refractivity contribution < 1.29 is 4.79 Å². The molecule has 1 aliphatic carbocycles. The third kappa shape index (κ3) is 2.15. The molecular formula is C17H25N3O. The van der Waals surface area contributed by atoms with Crippen molar-refractivity contribution >= 4 is 5.78 Å². The van der Waals surface area contributed by atoms with Gasteiger partial charge in [0, 0.05) is 36.2 Å². The molecule has 1 aromatic heterocycles. The SMILES string of the molecule is CC(C)(CC(=O)C1[C@H]2CNC[C@@H]12)c1ncc2n1CCCC2. The lowest BCUT2D eigenvalue weighted by Gasteiger charge is -2.27. The minimum Gasteiger partial charge on any atom is -0.332 e. The smallest absolute Gasteiger partial charge is 0.137 e. The van der Waals surface area contributed by atoms with E-state index in [4.69, 9.17) is 0 Å². The monoisotopic (exact) mass is 287 g/mol. The fraction of sp³-hybridized carbons (Fsp3) is 0.765. The number of carbonyl (C=O) groups excluding carboxylic acids is 1. The quantitative estimate of drug-likeness (QED) is 0.920. The highest BCUT2D eigenvalue weighted by atomic mass is 16.1. The zero-order valence-corrected chi connectivity index (χ0v) is 13.1. The standard InChI is InChI=1S/C17H25N3O/c1-17(2,7-14(21)15-12-9-18-10-13(12)15)16-19-8-11-5-3-4-6-20(11)16/h8,12-13,15,18H,3-7,9-10H2,1-2H3/t12-,13+,15?. The van der Waals surface area contributed by atoms with Gasteiger partial charge in [-0.15, -0.1) is 0 Å². The highest BCUT2D eigenvalue weighted by Crippen LogP contribution is 2.50. The van der Waals surface area contributed by atoms with E-state index in [2.05, 4.69) is 28.7 Å². The van der Waals surface area contributed by atoms with Gasteiger partial charge in [0.1, 0.15) is 11.6 Å². The van der Waals surface area contributed by atoms with E-state index in [1.807, 2.05) is 6.20 Å². The van der Waals surface area contributed by atoms with Crippen LogP contribution in [0.5, 0.6) is 0 Å². The van der Waals surface area contributed by atoms with E-state index >= 15 is 0 Å². The Morgan fingerprint density at radius 1 is 1.38 bits per heavy atom. The van der Waals surface area contributed by atoms with E-state index in [0.29, 0.717) is 30.0 Å². The summed E-state index contributed by atoms with van der Waals surface area (Å²) in [6.07, 6.45) is 6.30. The number of aryl methyl sites for hydroxylation is 1. The van der Waals surface area contributed by atoms with Gasteiger partial charge in [0.2, 0.25) is 0 Å². The van der Waals surface area contributed by atoms with Crippen molar-refractivity contribution in [3.8, 4) is 0 Å². The van der Waals surface area contributed by atoms with Gasteiger partial charge < -0.3 is 9.88 Å². The molecule has 1 aromatic rings. The second-order valence-corrected chi connectivity index (χ2v) is 7.72. The summed E-state index contributed by atoms with van der Waals surface area (Å²) in [7, 11) is 0. The first-order valence-electron chi connectivity index (χ1n) is 8.36. The zero-order chi connectivity index (χ0) is 14.6. The number of Topliss-reactive ketones (excluding diaryl/α,β-unsaturated/α-hetero) is 1. The number of rotatable bonds is 4. The van der Waals surface area contributed by atoms with Crippen molar-refractivity contribution in [3.63, 3.8) is 0 Å². The summed E-state index contributed by atoms with van der Waals surface area (Å²) in [6.45, 7) is 7.53. The lowest BCUT2D eigenvalue weighted by molar-refractivity contribution is -0.122. The summed E-state index contributed by atoms with van der Waals surface area (Å²) in [4.78, 5) is 17.3. The van der Waals surface area contributed by atoms with Crippen LogP contribution >= 0.6 is 0 Å². The van der Waals surface area contributed by atoms with Gasteiger partial charge in [-0.05, 0) is 44.2 Å². The predicted octanol–water partition coefficient (Wildman–Crippen LogP) is 1.92. The molecule has 3 atom stereocenters. The Hall–Kier alpha value is -1.16. The molecule has 0 aromatic carbocycles. The summed E-state index contributed by atoms with van der Waals surface area (Å²) in [5.74, 6) is 3.17. The molecule has 4 rings (SSSR count). The van der Waals surface area contributed by atoms with Gasteiger partial charge in [-0.2, -0.15) is 0 Å². The number of hydrogen-bond donors (Lipinski definition) is 1. The number of ketones is 1. The van der Waals surface area contributed by atoms with Crippen LogP contribution in [0.4, 0.5) is 0 Å². The van der Waals surface area contributed by atoms with E-state index in [0.717, 1.165) is 31.9 Å². The van der Waals surface area contributed by atoms with Gasteiger partial charge in [-0.25, -0.2) is 4.98 Å². The lowest BCUT2D eigenvalue weighted by Crippen LogP contribution is -2.30. The van der Waals surface area contributed by atoms with Gasteiger partial charge in [0.25, 0.3) is 0 Å². The van der Waals surface area contributed by atoms with Gasteiger partial charge >= 0.3 is 0 Å². The Bertz CT molecular complexity index is 565. The largest absolute Gasteiger partial charge is 0.332 e. The number of hydrogen-bond acceptors (Lipinski definition) is 3. The molecule has 2 aliphatic heterocycles. The molecule has 114 valence electrons. The van der Waals surface area contributed by atoms with Crippen LogP contribution in [-0.4, -0.2) is 28.4 Å². The molecule has 1 unspecified atom stereocenters. The van der Waals surface area contributed by atoms with Crippen LogP contribution in [0, 0.1) is 17.8 Å². The molecule has 0 amide bonds. The number of imidazole rings is 1. The summed E-state index contributed by atoms with van der Waals surface area (Å²) in [5, 5.41) is 3.37. The van der Waals surface area contributed by atoms with Crippen LogP contribution < -0.4 is 5.32 Å². The summed E-state index contributed by atoms with van der Waals surface area (Å²) < 4.78 is 2.37. The first-order valence-corrected chi connectivity index (χ1v) is 8.36. The van der Waals surface area contributed by atoms with E-state index in [-0.39, 0.29) is 5.41 Å². The maximum Gasteiger partial charge on any atom is 0.137 e. The maximum atomic E-state index is 12.6. The minimum atomic E-state index is -0.142. The molecule has 1 N–H and O–H groups in total. The van der Waals surface area contributed by atoms with Crippen molar-refractivity contribution in [1.82, 2.24) is 14.9 Å². The number of nitrogens with one attached hydrogen (secondary N) is 1. The van der Waals surface area contributed by atoms with E-state index in [1.165, 1.54) is 18.5 Å². The third-order valence-electron chi connectivity index (χ3n) is 5.69. The number of aromatic nitrogens is 2. The fourth-order valence-electron chi connectivity index (χ4n) is 4.50. The molecule has 0 spiro atoms. The fourth-order valence-corrected chi connectivity index (χ4v) is 4.50. The van der Waals surface area contributed by atoms with Crippen LogP contribution in [-0.2, 0) is 23.2 Å². The van der Waals surface area contributed by atoms with Crippen molar-refractivity contribution in [3.05, 3.63) is 17.7 Å². The second kappa shape index (κ2) is 4.67. The second-order valence-electron chi connectivity index (χ2n) is 7.72. The Balaban J connectivity index is 1.51. The number of fused-ring (bicyclic) bond motifs is 2. The first kappa shape index (κ1) is 13.5. The van der Waals surface area contributed by atoms with Crippen LogP contribution in [0.2, 0.25) is 0 Å². The van der Waals surface area contributed by atoms with Crippen LogP contribution in [0.1, 0.15) is 44.6 Å². The summed E-state index contributed by atoms with van der Waals surface area (Å²) >= 11 is 0. The van der Waals surface area contributed by atoms with Crippen LogP contribution in [0.25, 0.3) is 0 Å². The van der Waals surface area contributed by atoms with Crippen molar-refractivity contribution in [1.29, 1.82) is 0 Å². The molecule has 3 heterocycles. The van der Waals surface area contributed by atoms with Gasteiger partial charge in [-0.1, -0.05) is 13.8 Å². The van der Waals surface area contributed by atoms with Crippen molar-refractivity contribution in [2.24, 2.45) is 17.8 Å². The van der Waals surface area contributed by atoms with E-state index in [9.17, 15) is 4.79 Å². The van der Waals surface area contributed by atoms with Crippen molar-refractivity contribution in [2.75, 3.05) is 13.1 Å². The Morgan fingerprint density at radius 3 is 2.90 bits per heavy atom. The zero-order valence-electron chi connectivity index (χ0n) is 13.1. The maximum absolute atomic E-state index is 12.6. The molecule has 21 heavy (non-hydrogen) atoms. The van der Waals surface area contributed by atoms with E-state index in [1.54, 1.807) is 0 Å². The summed E-state index contributed by atoms with van der Waals surface area (Å²) in [6, 6.07) is 0. The molecular weight excluding hydrogens is 262 g/mol. The molecule has 3 aliphatic rings. The molecule has 1 saturated heterocycles. The topological polar surface area (TPSA) is 46.9 Å². The Morgan fingerprint density at radius 2 is 2.14 bits per heavy atom. The van der Waals surface area contributed by atoms with Gasteiger partial charge in [0.15, 0.2) is 0 Å². The van der Waals surface area contributed by atoms with Crippen molar-refractivity contribution in [2.45, 2.75) is 51.5 Å². The lowest BCUT2D eigenvalue weighted by atomic mass is 9.84. The molecule has 2 fully saturated rings. The Kier molecular flexibility index (Phi) is 3.00. The van der Waals surface area contributed by atoms with Crippen LogP contribution in [0.3, 0.4) is 0 Å². The average Bonchev–Trinajstić information content (AvgIpc) is 2.82. The minimum absolute atomic E-state index is 0.142. The molecule has 4 heteroatoms.